The van der Waals surface area contributed by atoms with Gasteiger partial charge in [-0.2, -0.15) is 0 Å². The molecule has 5 heteroatoms. The molecule has 392 valence electrons. The van der Waals surface area contributed by atoms with Crippen LogP contribution in [0.5, 0.6) is 11.5 Å². The molecule has 11 aromatic carbocycles. The van der Waals surface area contributed by atoms with Gasteiger partial charge in [-0.05, 0) is 151 Å². The smallest absolute Gasteiger partial charge is 0.269 e. The van der Waals surface area contributed by atoms with E-state index in [2.05, 4.69) is 6.33 Å². The summed E-state index contributed by atoms with van der Waals surface area (Å²) < 4.78 is 291. The predicted molar refractivity (Wildman–Crippen MR) is 338 cm³/mol. The standard InChI is InChI=1S/C77H58N4O/c1-52-41-75(78-50-70(52)57-31-18-9-19-32-57)81-71-36-21-20-35-66(71)67-39-38-65(49-73(67)81)82-64-34-22-33-63(48-64)79-51-80(72-40-37-58(45-74(72)79)53-23-10-5-11-24-53)76-68(56-29-16-8-17-30-56)46-62(77(2,3)4)47-69(76)61-43-59(54-25-12-6-13-26-54)42-60(44-61)55-27-14-7-15-28-55/h5-50H,1-4H3/i1D3,5D,6D,7D,8D,9D,10D,11D,12D,13D,14D,15D,16D,17D,18D,19D,23D,24D,25D,26D,27D,28D,29D,30D,31D,32D,42D,43D,44D. The molecule has 14 aromatic rings. The van der Waals surface area contributed by atoms with E-state index in [-0.39, 0.29) is 84.2 Å². The number of aromatic nitrogens is 4. The molecule has 0 atom stereocenters. The van der Waals surface area contributed by atoms with E-state index in [4.69, 9.17) is 39.9 Å². The average Bonchev–Trinajstić information content (AvgIpc) is 1.41. The first kappa shape index (κ1) is 26.7. The lowest BCUT2D eigenvalue weighted by Crippen LogP contribution is -2.32. The van der Waals surface area contributed by atoms with Gasteiger partial charge in [-0.15, -0.1) is 0 Å². The van der Waals surface area contributed by atoms with Gasteiger partial charge in [0.25, 0.3) is 6.33 Å². The van der Waals surface area contributed by atoms with Gasteiger partial charge in [0.05, 0.1) is 71.8 Å². The molecule has 0 radical (unpaired) electrons. The van der Waals surface area contributed by atoms with Crippen LogP contribution >= 0.6 is 0 Å². The Morgan fingerprint density at radius 3 is 1.67 bits per heavy atom. The largest absolute Gasteiger partial charge is 0.458 e. The molecule has 5 nitrogen and oxygen atoms in total. The van der Waals surface area contributed by atoms with Crippen LogP contribution in [-0.2, 0) is 5.41 Å². The number of imidazole rings is 1. The van der Waals surface area contributed by atoms with Crippen molar-refractivity contribution in [2.24, 2.45) is 0 Å². The molecule has 3 heterocycles. The van der Waals surface area contributed by atoms with Gasteiger partial charge in [0, 0.05) is 32.7 Å². The molecule has 82 heavy (non-hydrogen) atoms. The number of pyridine rings is 1. The summed E-state index contributed by atoms with van der Waals surface area (Å²) >= 11 is 0. The van der Waals surface area contributed by atoms with Crippen molar-refractivity contribution in [3.05, 3.63) is 296 Å². The van der Waals surface area contributed by atoms with Crippen molar-refractivity contribution >= 4 is 32.8 Å². The number of rotatable bonds is 11. The van der Waals surface area contributed by atoms with Crippen LogP contribution in [0.3, 0.4) is 0 Å². The van der Waals surface area contributed by atoms with Crippen LogP contribution in [0.15, 0.2) is 279 Å². The molecule has 0 saturated heterocycles. The third-order valence-corrected chi connectivity index (χ3v) is 13.8. The van der Waals surface area contributed by atoms with Crippen LogP contribution in [0, 0.1) is 13.2 Å². The molecule has 3 aromatic heterocycles. The maximum atomic E-state index is 10.5. The van der Waals surface area contributed by atoms with Crippen molar-refractivity contribution < 1.29 is 51.8 Å². The fourth-order valence-electron chi connectivity index (χ4n) is 9.93. The van der Waals surface area contributed by atoms with Crippen molar-refractivity contribution in [3.63, 3.8) is 0 Å². The Balaban J connectivity index is 1.07. The highest BCUT2D eigenvalue weighted by Crippen LogP contribution is 2.43. The zero-order chi connectivity index (χ0) is 82.2. The molecule has 0 fully saturated rings. The Hall–Kier alpha value is -10.4. The summed E-state index contributed by atoms with van der Waals surface area (Å²) in [5.74, 6) is 0.354. The highest BCUT2D eigenvalue weighted by atomic mass is 16.5. The molecule has 0 unspecified atom stereocenters. The number of hydrogen-bond donors (Lipinski definition) is 0. The number of hydrogen-bond acceptors (Lipinski definition) is 2. The minimum atomic E-state index is -2.93. The van der Waals surface area contributed by atoms with E-state index in [1.165, 1.54) is 45.5 Å². The SMILES string of the molecule is [2H]c1c([2H])c([2H])c(-c2ccc3c(c2)n(-c2cccc(Oc4ccc5c6ccccc6n(-c6cc(C([2H])([2H])[2H])c(-c7c([2H])c([2H])c([2H])c([2H])c7[2H])cn6)c5c4)c2)[c-][n+]3-c2c(-c3c([2H])c([2H])c([2H])c([2H])c3[2H])cc(C(C)(C)C)cc2-c2c([2H])c(-c3c([2H])c([2H])c([2H])c([2H])c3[2H])c([2H])c(-c3c([2H])c([2H])c([2H])c([2H])c3[2H])c2[2H])c([2H])c1[2H]. The van der Waals surface area contributed by atoms with Crippen molar-refractivity contribution in [1.82, 2.24) is 14.1 Å². The van der Waals surface area contributed by atoms with Gasteiger partial charge >= 0.3 is 0 Å². The summed E-state index contributed by atoms with van der Waals surface area (Å²) in [6.45, 7) is 2.31. The van der Waals surface area contributed by atoms with E-state index >= 15 is 0 Å². The van der Waals surface area contributed by atoms with Gasteiger partial charge in [0.1, 0.15) is 17.3 Å². The Morgan fingerprint density at radius 2 is 1.04 bits per heavy atom. The van der Waals surface area contributed by atoms with E-state index in [1.54, 1.807) is 86.0 Å². The minimum absolute atomic E-state index is 0.0308. The summed E-state index contributed by atoms with van der Waals surface area (Å²) in [5.41, 5.74) is -5.80. The van der Waals surface area contributed by atoms with Crippen molar-refractivity contribution in [2.45, 2.75) is 33.0 Å². The fourth-order valence-corrected chi connectivity index (χ4v) is 9.93. The van der Waals surface area contributed by atoms with Gasteiger partial charge in [-0.3, -0.25) is 13.7 Å². The van der Waals surface area contributed by atoms with Crippen LogP contribution in [0.2, 0.25) is 0 Å². The first-order valence-electron chi connectivity index (χ1n) is 41.0. The summed E-state index contributed by atoms with van der Waals surface area (Å²) in [6, 6.07) is 4.51. The third-order valence-electron chi connectivity index (χ3n) is 13.8. The normalized spacial score (nSPS) is 17.1. The molecule has 0 aliphatic carbocycles. The second kappa shape index (κ2) is 20.7. The van der Waals surface area contributed by atoms with E-state index in [0.717, 1.165) is 6.20 Å². The number of nitrogens with zero attached hydrogens (tertiary/aromatic N) is 4. The molecule has 0 aliphatic rings. The number of ether oxygens (including phenoxy) is 1. The topological polar surface area (TPSA) is 35.9 Å². The second-order valence-corrected chi connectivity index (χ2v) is 19.9. The number of para-hydroxylation sites is 1. The lowest BCUT2D eigenvalue weighted by molar-refractivity contribution is -0.571. The number of benzene rings is 11. The summed E-state index contributed by atoms with van der Waals surface area (Å²) in [4.78, 5) is 4.69. The first-order chi connectivity index (χ1) is 53.0. The average molecular weight is 1090 g/mol. The van der Waals surface area contributed by atoms with E-state index in [9.17, 15) is 12.3 Å². The summed E-state index contributed by atoms with van der Waals surface area (Å²) in [5, 5.41) is 1.33. The van der Waals surface area contributed by atoms with Crippen molar-refractivity contribution in [3.8, 4) is 95.5 Å². The van der Waals surface area contributed by atoms with Crippen LogP contribution in [-0.4, -0.2) is 14.1 Å². The Bertz CT molecular complexity index is 6310. The predicted octanol–water partition coefficient (Wildman–Crippen LogP) is 19.6. The number of aryl methyl sites for hydroxylation is 1. The Morgan fingerprint density at radius 1 is 0.476 bits per heavy atom. The maximum Gasteiger partial charge on any atom is 0.269 e. The zero-order valence-electron chi connectivity index (χ0n) is 74.6. The maximum absolute atomic E-state index is 10.5. The van der Waals surface area contributed by atoms with Crippen LogP contribution < -0.4 is 9.30 Å². The lowest BCUT2D eigenvalue weighted by atomic mass is 9.81. The van der Waals surface area contributed by atoms with Gasteiger partial charge < -0.3 is 4.74 Å². The minimum Gasteiger partial charge on any atom is -0.458 e. The van der Waals surface area contributed by atoms with Gasteiger partial charge in [0.2, 0.25) is 0 Å². The molecule has 0 bridgehead atoms. The molecule has 0 spiro atoms. The van der Waals surface area contributed by atoms with Crippen molar-refractivity contribution in [2.75, 3.05) is 0 Å². The monoisotopic (exact) mass is 1090 g/mol. The fraction of sp³-hybridized carbons (Fsp3) is 0.0649. The lowest BCUT2D eigenvalue weighted by Gasteiger charge is -2.26. The molecule has 0 saturated carbocycles. The highest BCUT2D eigenvalue weighted by Gasteiger charge is 2.26. The summed E-state index contributed by atoms with van der Waals surface area (Å²) in [7, 11) is 0. The van der Waals surface area contributed by atoms with Crippen LogP contribution in [0.4, 0.5) is 0 Å². The molecular formula is C77H58N4O. The Kier molecular flexibility index (Phi) is 6.75. The van der Waals surface area contributed by atoms with Crippen molar-refractivity contribution in [1.29, 1.82) is 0 Å². The van der Waals surface area contributed by atoms with E-state index in [1.807, 2.05) is 6.07 Å². The van der Waals surface area contributed by atoms with Crippen LogP contribution in [0.1, 0.15) is 74.4 Å². The Labute approximate surface area is 522 Å². The first-order valence-corrected chi connectivity index (χ1v) is 25.5. The van der Waals surface area contributed by atoms with Crippen LogP contribution in [0.25, 0.3) is 117 Å². The zero-order valence-corrected chi connectivity index (χ0v) is 43.6. The molecule has 0 N–H and O–H groups in total. The van der Waals surface area contributed by atoms with E-state index < -0.39 is 215 Å². The number of fused-ring (bicyclic) bond motifs is 4. The second-order valence-electron chi connectivity index (χ2n) is 19.9. The molecule has 0 amide bonds. The van der Waals surface area contributed by atoms with Gasteiger partial charge in [-0.1, -0.05) is 220 Å². The van der Waals surface area contributed by atoms with Gasteiger partial charge in [-0.25, -0.2) is 4.98 Å². The van der Waals surface area contributed by atoms with E-state index in [0.29, 0.717) is 21.8 Å². The highest BCUT2D eigenvalue weighted by molar-refractivity contribution is 6.09. The van der Waals surface area contributed by atoms with Gasteiger partial charge in [0.15, 0.2) is 0 Å². The molecule has 14 rings (SSSR count). The third kappa shape index (κ3) is 9.32. The molecule has 0 aliphatic heterocycles. The summed E-state index contributed by atoms with van der Waals surface area (Å²) in [6.07, 6.45) is 4.50. The molecular weight excluding hydrogens is 997 g/mol. The quantitative estimate of drug-likeness (QED) is 0.0956.